The second kappa shape index (κ2) is 15.6. The van der Waals surface area contributed by atoms with Crippen LogP contribution < -0.4 is 18.9 Å². The van der Waals surface area contributed by atoms with Crippen LogP contribution in [-0.4, -0.2) is 51.6 Å². The van der Waals surface area contributed by atoms with Crippen LogP contribution in [0, 0.1) is 0 Å². The summed E-state index contributed by atoms with van der Waals surface area (Å²) in [5.74, 6) is 3.20. The van der Waals surface area contributed by atoms with Crippen LogP contribution >= 0.6 is 0 Å². The van der Waals surface area contributed by atoms with Gasteiger partial charge in [0.05, 0.1) is 26.4 Å². The zero-order chi connectivity index (χ0) is 30.8. The predicted octanol–water partition coefficient (Wildman–Crippen LogP) is 8.99. The van der Waals surface area contributed by atoms with Crippen molar-refractivity contribution in [3.8, 4) is 23.0 Å². The monoisotopic (exact) mass is 620 g/mol. The summed E-state index contributed by atoms with van der Waals surface area (Å²) in [6, 6.07) is 14.7. The van der Waals surface area contributed by atoms with Gasteiger partial charge in [0.2, 0.25) is 0 Å². The Hall–Kier alpha value is -1.79. The first-order valence-corrected chi connectivity index (χ1v) is 24.2. The maximum atomic E-state index is 6.86. The Morgan fingerprint density at radius 3 is 1.24 bits per heavy atom. The largest absolute Gasteiger partial charge is 0.493 e. The smallest absolute Gasteiger partial charge is 0.311 e. The SMILES string of the molecule is COc1cc(CCC[Si](C)(C)O[Si](C)(C)O[Si](C)(C)CCCc2ccc(OC(C)C)c(OC)c2)ccc1OC(C)C. The molecular formula is C32H56O6Si3. The van der Waals surface area contributed by atoms with Crippen LogP contribution in [0.4, 0.5) is 0 Å². The molecule has 2 aromatic carbocycles. The van der Waals surface area contributed by atoms with E-state index in [-0.39, 0.29) is 12.2 Å². The van der Waals surface area contributed by atoms with E-state index in [2.05, 4.69) is 63.5 Å². The normalized spacial score (nSPS) is 12.6. The average Bonchev–Trinajstić information content (AvgIpc) is 2.83. The minimum absolute atomic E-state index is 0.118. The topological polar surface area (TPSA) is 55.4 Å². The molecule has 2 aromatic rings. The molecule has 0 aromatic heterocycles. The van der Waals surface area contributed by atoms with Crippen molar-refractivity contribution >= 4 is 25.2 Å². The lowest BCUT2D eigenvalue weighted by Crippen LogP contribution is -2.52. The molecule has 0 saturated carbocycles. The van der Waals surface area contributed by atoms with Crippen molar-refractivity contribution in [2.45, 2.75) is 117 Å². The minimum atomic E-state index is -2.26. The van der Waals surface area contributed by atoms with E-state index in [4.69, 9.17) is 27.2 Å². The van der Waals surface area contributed by atoms with Crippen molar-refractivity contribution in [1.29, 1.82) is 0 Å². The summed E-state index contributed by atoms with van der Waals surface area (Å²) in [6.45, 7) is 21.9. The van der Waals surface area contributed by atoms with Gasteiger partial charge in [-0.2, -0.15) is 0 Å². The van der Waals surface area contributed by atoms with Crippen LogP contribution in [0.25, 0.3) is 0 Å². The van der Waals surface area contributed by atoms with Gasteiger partial charge in [0, 0.05) is 0 Å². The van der Waals surface area contributed by atoms with Crippen molar-refractivity contribution < 1.29 is 27.2 Å². The third kappa shape index (κ3) is 12.9. The van der Waals surface area contributed by atoms with Gasteiger partial charge in [-0.1, -0.05) is 12.1 Å². The summed E-state index contributed by atoms with van der Waals surface area (Å²) < 4.78 is 36.6. The number of benzene rings is 2. The number of hydrogen-bond donors (Lipinski definition) is 0. The fourth-order valence-electron chi connectivity index (χ4n) is 5.33. The summed E-state index contributed by atoms with van der Waals surface area (Å²) in [5.41, 5.74) is 2.53. The standard InChI is InChI=1S/C32H56O6Si3/c1-25(2)35-29-19-17-27(23-31(29)33-5)15-13-21-39(7,8)37-41(11,12)38-40(9,10)22-14-16-28-18-20-30(36-26(3)4)32(24-28)34-6/h17-20,23-26H,13-16,21-22H2,1-12H3. The van der Waals surface area contributed by atoms with E-state index in [9.17, 15) is 0 Å². The number of ether oxygens (including phenoxy) is 4. The molecule has 0 aliphatic rings. The molecule has 0 aliphatic heterocycles. The number of rotatable bonds is 18. The average molecular weight is 621 g/mol. The van der Waals surface area contributed by atoms with E-state index < -0.39 is 25.2 Å². The van der Waals surface area contributed by atoms with E-state index in [1.165, 1.54) is 11.1 Å². The Bertz CT molecular complexity index is 1000. The van der Waals surface area contributed by atoms with Crippen molar-refractivity contribution in [2.75, 3.05) is 14.2 Å². The van der Waals surface area contributed by atoms with Crippen LogP contribution in [-0.2, 0) is 21.1 Å². The van der Waals surface area contributed by atoms with Gasteiger partial charge in [-0.05, 0) is 140 Å². The van der Waals surface area contributed by atoms with Gasteiger partial charge < -0.3 is 27.2 Å². The molecule has 0 N–H and O–H groups in total. The molecule has 0 heterocycles. The fraction of sp³-hybridized carbons (Fsp3) is 0.625. The Morgan fingerprint density at radius 2 is 0.927 bits per heavy atom. The summed E-state index contributed by atoms with van der Waals surface area (Å²) in [4.78, 5) is 0. The molecule has 2 rings (SSSR count). The second-order valence-electron chi connectivity index (χ2n) is 13.1. The number of methoxy groups -OCH3 is 2. The second-order valence-corrected chi connectivity index (χ2v) is 25.6. The molecule has 41 heavy (non-hydrogen) atoms. The third-order valence-corrected chi connectivity index (χ3v) is 18.2. The molecule has 0 aliphatic carbocycles. The van der Waals surface area contributed by atoms with Crippen LogP contribution in [0.3, 0.4) is 0 Å². The maximum absolute atomic E-state index is 6.86. The lowest BCUT2D eigenvalue weighted by Gasteiger charge is -2.39. The van der Waals surface area contributed by atoms with Gasteiger partial charge in [0.15, 0.2) is 39.6 Å². The van der Waals surface area contributed by atoms with Crippen LogP contribution in [0.5, 0.6) is 23.0 Å². The Morgan fingerprint density at radius 1 is 0.561 bits per heavy atom. The van der Waals surface area contributed by atoms with Gasteiger partial charge in [-0.3, -0.25) is 0 Å². The van der Waals surface area contributed by atoms with E-state index >= 15 is 0 Å². The first kappa shape index (κ1) is 35.4. The molecule has 0 amide bonds. The molecule has 9 heteroatoms. The van der Waals surface area contributed by atoms with Crippen molar-refractivity contribution in [2.24, 2.45) is 0 Å². The summed E-state index contributed by atoms with van der Waals surface area (Å²) in [5, 5.41) is 0. The van der Waals surface area contributed by atoms with E-state index in [0.717, 1.165) is 60.8 Å². The highest BCUT2D eigenvalue weighted by molar-refractivity contribution is 6.87. The Labute approximate surface area is 253 Å². The molecule has 0 unspecified atom stereocenters. The van der Waals surface area contributed by atoms with Gasteiger partial charge >= 0.3 is 8.56 Å². The van der Waals surface area contributed by atoms with E-state index in [1.54, 1.807) is 14.2 Å². The van der Waals surface area contributed by atoms with Crippen LogP contribution in [0.1, 0.15) is 51.7 Å². The van der Waals surface area contributed by atoms with Gasteiger partial charge in [0.25, 0.3) is 0 Å². The maximum Gasteiger partial charge on any atom is 0.311 e. The summed E-state index contributed by atoms with van der Waals surface area (Å²) >= 11 is 0. The van der Waals surface area contributed by atoms with Crippen molar-refractivity contribution in [3.63, 3.8) is 0 Å². The van der Waals surface area contributed by atoms with Gasteiger partial charge in [0.1, 0.15) is 0 Å². The van der Waals surface area contributed by atoms with Gasteiger partial charge in [-0.25, -0.2) is 0 Å². The first-order valence-electron chi connectivity index (χ1n) is 15.1. The molecule has 0 spiro atoms. The summed E-state index contributed by atoms with van der Waals surface area (Å²) in [7, 11) is -2.62. The predicted molar refractivity (Wildman–Crippen MR) is 178 cm³/mol. The molecule has 0 radical (unpaired) electrons. The summed E-state index contributed by atoms with van der Waals surface area (Å²) in [6.07, 6.45) is 4.40. The highest BCUT2D eigenvalue weighted by atomic mass is 28.5. The molecule has 232 valence electrons. The zero-order valence-electron chi connectivity index (χ0n) is 27.8. The zero-order valence-corrected chi connectivity index (χ0v) is 30.8. The first-order chi connectivity index (χ1) is 19.0. The van der Waals surface area contributed by atoms with E-state index in [0.29, 0.717) is 0 Å². The van der Waals surface area contributed by atoms with Crippen molar-refractivity contribution in [3.05, 3.63) is 47.5 Å². The molecule has 6 nitrogen and oxygen atoms in total. The number of aryl methyl sites for hydroxylation is 2. The van der Waals surface area contributed by atoms with Crippen LogP contribution in [0.2, 0.25) is 51.4 Å². The quantitative estimate of drug-likeness (QED) is 0.155. The van der Waals surface area contributed by atoms with Gasteiger partial charge in [-0.15, -0.1) is 0 Å². The molecule has 0 bridgehead atoms. The highest BCUT2D eigenvalue weighted by Gasteiger charge is 2.39. The lowest BCUT2D eigenvalue weighted by atomic mass is 10.1. The number of hydrogen-bond acceptors (Lipinski definition) is 6. The third-order valence-electron chi connectivity index (χ3n) is 6.71. The lowest BCUT2D eigenvalue weighted by molar-refractivity contribution is 0.230. The molecule has 0 fully saturated rings. The molecule has 0 atom stereocenters. The highest BCUT2D eigenvalue weighted by Crippen LogP contribution is 2.32. The Balaban J connectivity index is 1.86. The molecule has 0 saturated heterocycles. The van der Waals surface area contributed by atoms with Crippen molar-refractivity contribution in [1.82, 2.24) is 0 Å². The fourth-order valence-corrected chi connectivity index (χ4v) is 19.4. The van der Waals surface area contributed by atoms with Crippen LogP contribution in [0.15, 0.2) is 36.4 Å². The Kier molecular flexibility index (Phi) is 13.5. The van der Waals surface area contributed by atoms with E-state index in [1.807, 2.05) is 39.8 Å². The molecular weight excluding hydrogens is 565 g/mol. The minimum Gasteiger partial charge on any atom is -0.493 e.